The molecule has 2 N–H and O–H groups in total. The van der Waals surface area contributed by atoms with Crippen LogP contribution in [-0.2, 0) is 22.7 Å². The number of rotatable bonds is 7. The number of ether oxygens (including phenoxy) is 3. The molecule has 0 atom stereocenters. The van der Waals surface area contributed by atoms with Gasteiger partial charge in [0, 0.05) is 6.20 Å². The fraction of sp³-hybridized carbons (Fsp3) is 0.152. The zero-order valence-electron chi connectivity index (χ0n) is 29.2. The van der Waals surface area contributed by atoms with Crippen LogP contribution in [0.2, 0.25) is 0 Å². The first-order chi connectivity index (χ1) is 23.5. The molecule has 18 heteroatoms. The fourth-order valence-electron chi connectivity index (χ4n) is 3.03. The summed E-state index contributed by atoms with van der Waals surface area (Å²) < 4.78 is 19.3. The van der Waals surface area contributed by atoms with E-state index in [0.29, 0.717) is 15.8 Å². The smallest absolute Gasteiger partial charge is 1.00 e. The number of aryl methyl sites for hydroxylation is 1. The Bertz CT molecular complexity index is 1650. The molecule has 2 aromatic carbocycles. The van der Waals surface area contributed by atoms with Crippen molar-refractivity contribution >= 4 is 99.4 Å². The van der Waals surface area contributed by atoms with E-state index >= 15 is 0 Å². The van der Waals surface area contributed by atoms with E-state index in [2.05, 4.69) is 132 Å². The predicted octanol–water partition coefficient (Wildman–Crippen LogP) is 2.55. The predicted molar refractivity (Wildman–Crippen MR) is 213 cm³/mol. The van der Waals surface area contributed by atoms with Crippen LogP contribution in [0, 0.1) is 7.40 Å². The minimum Gasteiger partial charge on any atom is -1.00 e. The normalized spacial score (nSPS) is 8.96. The van der Waals surface area contributed by atoms with Crippen LogP contribution in [0.4, 0.5) is 0 Å². The van der Waals surface area contributed by atoms with E-state index in [1.165, 1.54) is 5.56 Å². The Morgan fingerprint density at radius 1 is 0.745 bits per heavy atom. The standard InChI is InChI=1S/C13H11BrINO2.C9H12O.C5H3BrINO.C5H4BrNO.CH2O3.2K.H/c1-17-10-4-2-9(3-5-10)8-18-11-6-7-12(15)16-13(11)14;1-3-8-4-6-9(10-2)7-5-8;6-5-3(9)1-2-4(7)8-5;6-5-4(8)2-1-3-7-5;2-1-4-3;;;/h2-7H,8H2,1H3;4-7H,3H2,1-2H3;1-2,9H;1-3,8H;1,3H;;;/q;;;;;2*+1;-1/p-1. The van der Waals surface area contributed by atoms with E-state index in [4.69, 9.17) is 34.5 Å². The molecule has 0 aliphatic heterocycles. The Hall–Kier alpha value is 0.493. The van der Waals surface area contributed by atoms with Gasteiger partial charge in [-0.1, -0.05) is 31.2 Å². The average molecular weight is 1170 g/mol. The van der Waals surface area contributed by atoms with Gasteiger partial charge in [-0.15, -0.1) is 0 Å². The third-order valence-electron chi connectivity index (χ3n) is 5.47. The van der Waals surface area contributed by atoms with Gasteiger partial charge in [-0.25, -0.2) is 15.0 Å². The topological polar surface area (TPSA) is 156 Å². The number of benzene rings is 2. The Kier molecular flexibility index (Phi) is 34.4. The summed E-state index contributed by atoms with van der Waals surface area (Å²) in [5, 5.41) is 26.2. The molecule has 0 spiro atoms. The van der Waals surface area contributed by atoms with E-state index in [1.807, 2.05) is 48.5 Å². The molecule has 51 heavy (non-hydrogen) atoms. The second-order valence-electron chi connectivity index (χ2n) is 8.71. The van der Waals surface area contributed by atoms with Crippen LogP contribution in [-0.4, -0.2) is 45.9 Å². The minimum atomic E-state index is -0.181. The number of hydrogen-bond donors (Lipinski definition) is 2. The third kappa shape index (κ3) is 24.6. The second kappa shape index (κ2) is 32.7. The zero-order chi connectivity index (χ0) is 36.6. The van der Waals surface area contributed by atoms with Crippen molar-refractivity contribution in [3.8, 4) is 28.7 Å². The van der Waals surface area contributed by atoms with Gasteiger partial charge in [0.1, 0.15) is 50.8 Å². The maximum Gasteiger partial charge on any atom is 1.00 e. The summed E-state index contributed by atoms with van der Waals surface area (Å²) in [4.78, 5) is 23.2. The average Bonchev–Trinajstić information content (AvgIpc) is 3.12. The Morgan fingerprint density at radius 2 is 1.22 bits per heavy atom. The molecule has 5 rings (SSSR count). The van der Waals surface area contributed by atoms with Gasteiger partial charge in [0.25, 0.3) is 6.47 Å². The van der Waals surface area contributed by atoms with Gasteiger partial charge in [0.05, 0.1) is 14.2 Å². The van der Waals surface area contributed by atoms with E-state index in [1.54, 1.807) is 44.7 Å². The van der Waals surface area contributed by atoms with Crippen LogP contribution in [0.5, 0.6) is 28.7 Å². The molecule has 0 amide bonds. The van der Waals surface area contributed by atoms with Crippen LogP contribution >= 0.6 is 93.0 Å². The summed E-state index contributed by atoms with van der Waals surface area (Å²) in [6.45, 7) is 2.46. The molecule has 0 aliphatic carbocycles. The van der Waals surface area contributed by atoms with Crippen molar-refractivity contribution in [1.29, 1.82) is 0 Å². The monoisotopic (exact) mass is 1170 g/mol. The molecule has 0 saturated heterocycles. The number of aromatic hydroxyl groups is 2. The first kappa shape index (κ1) is 53.6. The van der Waals surface area contributed by atoms with Gasteiger partial charge >= 0.3 is 103 Å². The molecule has 11 nitrogen and oxygen atoms in total. The van der Waals surface area contributed by atoms with Crippen molar-refractivity contribution in [2.75, 3.05) is 14.2 Å². The van der Waals surface area contributed by atoms with Gasteiger partial charge in [-0.2, -0.15) is 0 Å². The molecule has 3 heterocycles. The second-order valence-corrected chi connectivity index (χ2v) is 13.2. The van der Waals surface area contributed by atoms with Crippen molar-refractivity contribution in [1.82, 2.24) is 15.0 Å². The summed E-state index contributed by atoms with van der Waals surface area (Å²) in [5.74, 6) is 2.86. The summed E-state index contributed by atoms with van der Waals surface area (Å²) in [5.41, 5.74) is 2.43. The first-order valence-electron chi connectivity index (χ1n) is 13.7. The van der Waals surface area contributed by atoms with Gasteiger partial charge in [-0.05, 0) is 171 Å². The molecule has 0 radical (unpaired) electrons. The molecule has 0 unspecified atom stereocenters. The van der Waals surface area contributed by atoms with Crippen LogP contribution in [0.3, 0.4) is 0 Å². The third-order valence-corrected chi connectivity index (χ3v) is 8.44. The SMILES string of the molecule is CCc1ccc(OC)cc1.COc1ccc(COc2ccc(I)nc2Br)cc1.O=CO[O-].Oc1ccc(I)nc1Br.Oc1cccnc1Br.[H-].[K+].[K+]. The van der Waals surface area contributed by atoms with Gasteiger partial charge < -0.3 is 36.0 Å². The summed E-state index contributed by atoms with van der Waals surface area (Å²) >= 11 is 13.7. The zero-order valence-corrected chi connectivity index (χ0v) is 43.5. The first-order valence-corrected chi connectivity index (χ1v) is 18.2. The van der Waals surface area contributed by atoms with Crippen LogP contribution in [0.25, 0.3) is 0 Å². The van der Waals surface area contributed by atoms with E-state index < -0.39 is 0 Å². The van der Waals surface area contributed by atoms with Crippen LogP contribution in [0.1, 0.15) is 19.5 Å². The van der Waals surface area contributed by atoms with Crippen molar-refractivity contribution in [3.63, 3.8) is 0 Å². The molecule has 5 aromatic rings. The van der Waals surface area contributed by atoms with Crippen molar-refractivity contribution in [3.05, 3.63) is 123 Å². The molecular weight excluding hydrogens is 1140 g/mol. The molecule has 0 aliphatic rings. The number of nitrogens with zero attached hydrogens (tertiary/aromatic N) is 3. The largest absolute Gasteiger partial charge is 1.00 e. The van der Waals surface area contributed by atoms with E-state index in [-0.39, 0.29) is 122 Å². The van der Waals surface area contributed by atoms with Crippen molar-refractivity contribution < 1.29 is 144 Å². The minimum absolute atomic E-state index is 0. The van der Waals surface area contributed by atoms with E-state index in [9.17, 15) is 0 Å². The number of carbonyl (C=O) groups is 1. The number of carbonyl (C=O) groups excluding carboxylic acids is 1. The molecule has 3 aromatic heterocycles. The number of aromatic nitrogens is 3. The van der Waals surface area contributed by atoms with Crippen LogP contribution in [0.15, 0.2) is 105 Å². The van der Waals surface area contributed by atoms with Gasteiger partial charge in [-0.3, -0.25) is 4.79 Å². The number of pyridine rings is 3. The molecule has 264 valence electrons. The quantitative estimate of drug-likeness (QED) is 0.0618. The van der Waals surface area contributed by atoms with Crippen LogP contribution < -0.4 is 122 Å². The number of halogens is 5. The summed E-state index contributed by atoms with van der Waals surface area (Å²) in [6, 6.07) is 26.3. The number of methoxy groups -OCH3 is 2. The van der Waals surface area contributed by atoms with Crippen molar-refractivity contribution in [2.24, 2.45) is 0 Å². The molecule has 0 bridgehead atoms. The maximum atomic E-state index is 8.93. The Morgan fingerprint density at radius 3 is 1.59 bits per heavy atom. The van der Waals surface area contributed by atoms with Gasteiger partial charge in [0.2, 0.25) is 0 Å². The summed E-state index contributed by atoms with van der Waals surface area (Å²) in [6.07, 6.45) is 2.69. The van der Waals surface area contributed by atoms with Crippen molar-refractivity contribution in [2.45, 2.75) is 20.0 Å². The Labute approximate surface area is 436 Å². The summed E-state index contributed by atoms with van der Waals surface area (Å²) in [7, 11) is 3.33. The molecular formula is C33H32Br3I2K2N3O8. The van der Waals surface area contributed by atoms with E-state index in [0.717, 1.165) is 41.2 Å². The molecule has 0 fully saturated rings. The van der Waals surface area contributed by atoms with Gasteiger partial charge in [0.15, 0.2) is 5.75 Å². The Balaban J connectivity index is -0.000000613. The fourth-order valence-corrected chi connectivity index (χ4v) is 5.55. The molecule has 0 saturated carbocycles. The number of hydrogen-bond acceptors (Lipinski definition) is 11. The maximum absolute atomic E-state index is 8.93.